The molecule has 0 spiro atoms. The zero-order chi connectivity index (χ0) is 24.3. The van der Waals surface area contributed by atoms with Gasteiger partial charge in [0.15, 0.2) is 0 Å². The lowest BCUT2D eigenvalue weighted by molar-refractivity contribution is 0.0563. The van der Waals surface area contributed by atoms with Crippen molar-refractivity contribution in [2.45, 2.75) is 13.3 Å². The summed E-state index contributed by atoms with van der Waals surface area (Å²) >= 11 is 0. The van der Waals surface area contributed by atoms with Gasteiger partial charge in [0.2, 0.25) is 0 Å². The molecule has 2 heterocycles. The van der Waals surface area contributed by atoms with E-state index >= 15 is 0 Å². The Kier molecular flexibility index (Phi) is 4.96. The largest absolute Gasteiger partial charge is 0.508 e. The number of nitrogens with one attached hydrogen (secondary N) is 1. The van der Waals surface area contributed by atoms with E-state index in [1.165, 1.54) is 12.1 Å². The van der Waals surface area contributed by atoms with Gasteiger partial charge in [0, 0.05) is 42.6 Å². The van der Waals surface area contributed by atoms with Gasteiger partial charge in [0.25, 0.3) is 11.8 Å². The van der Waals surface area contributed by atoms with Crippen LogP contribution in [-0.2, 0) is 7.05 Å². The van der Waals surface area contributed by atoms with E-state index in [1.807, 2.05) is 0 Å². The van der Waals surface area contributed by atoms with E-state index in [2.05, 4.69) is 5.43 Å². The van der Waals surface area contributed by atoms with Crippen molar-refractivity contribution in [3.63, 3.8) is 0 Å². The van der Waals surface area contributed by atoms with Gasteiger partial charge in [-0.05, 0) is 48.7 Å². The summed E-state index contributed by atoms with van der Waals surface area (Å²) < 4.78 is 1.80. The number of rotatable bonds is 5. The molecule has 9 heteroatoms. The molecule has 9 nitrogen and oxygen atoms in total. The molecule has 0 fully saturated rings. The minimum absolute atomic E-state index is 0.0675. The van der Waals surface area contributed by atoms with Gasteiger partial charge < -0.3 is 25.6 Å². The zero-order valence-electron chi connectivity index (χ0n) is 18.7. The van der Waals surface area contributed by atoms with Crippen LogP contribution in [0.2, 0.25) is 0 Å². The van der Waals surface area contributed by atoms with Crippen LogP contribution in [0.25, 0.3) is 32.9 Å². The maximum absolute atomic E-state index is 13.6. The molecule has 34 heavy (non-hydrogen) atoms. The topological polar surface area (TPSA) is 141 Å². The van der Waals surface area contributed by atoms with Crippen molar-refractivity contribution in [3.8, 4) is 22.6 Å². The molecule has 0 unspecified atom stereocenters. The fraction of sp³-hybridized carbons (Fsp3) is 0.200. The molecule has 3 aromatic carbocycles. The van der Waals surface area contributed by atoms with Gasteiger partial charge in [0.1, 0.15) is 11.5 Å². The predicted octanol–water partition coefficient (Wildman–Crippen LogP) is 2.78. The molecule has 0 aliphatic carbocycles. The van der Waals surface area contributed by atoms with E-state index in [9.17, 15) is 19.8 Å². The maximum atomic E-state index is 13.6. The fourth-order valence-corrected chi connectivity index (χ4v) is 4.86. The lowest BCUT2D eigenvalue weighted by Gasteiger charge is -2.16. The lowest BCUT2D eigenvalue weighted by atomic mass is 9.89. The predicted molar refractivity (Wildman–Crippen MR) is 129 cm³/mol. The number of nitrogens with two attached hydrogens (primary N) is 1. The van der Waals surface area contributed by atoms with Crippen LogP contribution in [-0.4, -0.2) is 49.9 Å². The second-order valence-corrected chi connectivity index (χ2v) is 8.45. The molecule has 0 saturated carbocycles. The molecule has 1 aliphatic heterocycles. The molecule has 2 amide bonds. The van der Waals surface area contributed by atoms with Crippen LogP contribution in [0.4, 0.5) is 5.69 Å². The van der Waals surface area contributed by atoms with E-state index in [-0.39, 0.29) is 35.8 Å². The number of aryl methyl sites for hydroxylation is 2. The monoisotopic (exact) mass is 460 g/mol. The van der Waals surface area contributed by atoms with Crippen molar-refractivity contribution < 1.29 is 24.9 Å². The van der Waals surface area contributed by atoms with Crippen molar-refractivity contribution in [1.29, 1.82) is 0 Å². The first-order valence-corrected chi connectivity index (χ1v) is 10.9. The Morgan fingerprint density at radius 2 is 1.65 bits per heavy atom. The molecular formula is C25H24N4O5. The third kappa shape index (κ3) is 2.94. The number of amides is 2. The van der Waals surface area contributed by atoms with Gasteiger partial charge in [-0.2, -0.15) is 0 Å². The van der Waals surface area contributed by atoms with E-state index in [4.69, 9.17) is 10.8 Å². The Morgan fingerprint density at radius 3 is 2.35 bits per heavy atom. The molecular weight excluding hydrogens is 436 g/mol. The van der Waals surface area contributed by atoms with E-state index in [0.29, 0.717) is 50.6 Å². The van der Waals surface area contributed by atoms with Crippen LogP contribution in [0.3, 0.4) is 0 Å². The summed E-state index contributed by atoms with van der Waals surface area (Å²) in [4.78, 5) is 27.2. The fourth-order valence-electron chi connectivity index (χ4n) is 4.86. The molecule has 6 N–H and O–H groups in total. The average Bonchev–Trinajstić information content (AvgIpc) is 3.21. The summed E-state index contributed by atoms with van der Waals surface area (Å²) in [5.74, 6) is -0.906. The number of phenolic OH excluding ortho intramolecular Hbond substituents is 2. The summed E-state index contributed by atoms with van der Waals surface area (Å²) in [7, 11) is 1.79. The van der Waals surface area contributed by atoms with E-state index in [1.54, 1.807) is 42.8 Å². The number of imide groups is 1. The SMILES string of the molecule is Cc1cc(O)ccc1-c1c2c(c3c4ccc(O)cc4n(C)c3c1N)C(=O)N(NCCCO)C2=O. The van der Waals surface area contributed by atoms with E-state index < -0.39 is 11.8 Å². The third-order valence-corrected chi connectivity index (χ3v) is 6.38. The Hall–Kier alpha value is -4.08. The van der Waals surface area contributed by atoms with Gasteiger partial charge in [-0.3, -0.25) is 9.59 Å². The molecule has 1 aliphatic rings. The van der Waals surface area contributed by atoms with Crippen LogP contribution in [0.5, 0.6) is 11.5 Å². The molecule has 0 saturated heterocycles. The van der Waals surface area contributed by atoms with Gasteiger partial charge in [-0.25, -0.2) is 10.4 Å². The zero-order valence-corrected chi connectivity index (χ0v) is 18.7. The first-order chi connectivity index (χ1) is 16.3. The number of anilines is 1. The highest BCUT2D eigenvalue weighted by Crippen LogP contribution is 2.47. The smallest absolute Gasteiger partial charge is 0.276 e. The molecule has 174 valence electrons. The molecule has 0 radical (unpaired) electrons. The summed E-state index contributed by atoms with van der Waals surface area (Å²) in [6, 6.07) is 9.58. The van der Waals surface area contributed by atoms with Crippen molar-refractivity contribution in [2.24, 2.45) is 7.05 Å². The first-order valence-electron chi connectivity index (χ1n) is 10.9. The van der Waals surface area contributed by atoms with Crippen molar-refractivity contribution in [2.75, 3.05) is 18.9 Å². The number of benzene rings is 3. The number of aromatic hydroxyl groups is 2. The minimum atomic E-state index is -0.537. The average molecular weight is 460 g/mol. The summed E-state index contributed by atoms with van der Waals surface area (Å²) in [5.41, 5.74) is 13.2. The van der Waals surface area contributed by atoms with Crippen LogP contribution in [0.15, 0.2) is 36.4 Å². The second kappa shape index (κ2) is 7.75. The normalized spacial score (nSPS) is 13.4. The Labute approximate surface area is 194 Å². The third-order valence-electron chi connectivity index (χ3n) is 6.38. The molecule has 0 bridgehead atoms. The van der Waals surface area contributed by atoms with Gasteiger partial charge in [-0.1, -0.05) is 6.07 Å². The Balaban J connectivity index is 1.92. The number of nitrogens with zero attached hydrogens (tertiary/aromatic N) is 2. The number of phenols is 2. The lowest BCUT2D eigenvalue weighted by Crippen LogP contribution is -2.43. The second-order valence-electron chi connectivity index (χ2n) is 8.45. The highest BCUT2D eigenvalue weighted by Gasteiger charge is 2.42. The highest BCUT2D eigenvalue weighted by molar-refractivity contribution is 6.34. The van der Waals surface area contributed by atoms with Crippen molar-refractivity contribution in [3.05, 3.63) is 53.1 Å². The maximum Gasteiger partial charge on any atom is 0.276 e. The number of carbonyl (C=O) groups excluding carboxylic acids is 2. The minimum Gasteiger partial charge on any atom is -0.508 e. The van der Waals surface area contributed by atoms with Crippen LogP contribution >= 0.6 is 0 Å². The summed E-state index contributed by atoms with van der Waals surface area (Å²) in [6.45, 7) is 1.94. The molecule has 0 atom stereocenters. The Bertz CT molecular complexity index is 1520. The number of aliphatic hydroxyl groups excluding tert-OH is 1. The van der Waals surface area contributed by atoms with Crippen LogP contribution in [0, 0.1) is 6.92 Å². The molecule has 4 aromatic rings. The number of aliphatic hydroxyl groups is 1. The number of fused-ring (bicyclic) bond motifs is 5. The Morgan fingerprint density at radius 1 is 0.971 bits per heavy atom. The van der Waals surface area contributed by atoms with Gasteiger partial charge in [0.05, 0.1) is 27.8 Å². The highest BCUT2D eigenvalue weighted by atomic mass is 16.3. The van der Waals surface area contributed by atoms with Crippen LogP contribution in [0.1, 0.15) is 32.7 Å². The van der Waals surface area contributed by atoms with Crippen molar-refractivity contribution >= 4 is 39.3 Å². The van der Waals surface area contributed by atoms with Crippen LogP contribution < -0.4 is 11.2 Å². The summed E-state index contributed by atoms with van der Waals surface area (Å²) in [5, 5.41) is 31.3. The summed E-state index contributed by atoms with van der Waals surface area (Å²) in [6.07, 6.45) is 0.364. The van der Waals surface area contributed by atoms with Gasteiger partial charge >= 0.3 is 0 Å². The number of nitrogen functional groups attached to an aromatic ring is 1. The number of carbonyl (C=O) groups is 2. The quantitative estimate of drug-likeness (QED) is 0.175. The number of hydrogen-bond donors (Lipinski definition) is 5. The van der Waals surface area contributed by atoms with Gasteiger partial charge in [-0.15, -0.1) is 0 Å². The first kappa shape index (κ1) is 21.7. The molecule has 5 rings (SSSR count). The number of hydrazine groups is 1. The standard InChI is InChI=1S/C25H24N4O5/c1-12-10-13(31)4-6-15(12)18-20-21(25(34)29(24(20)33)27-8-3-9-30)19-16-7-5-14(32)11-17(16)28(2)23(19)22(18)26/h4-7,10-11,27,30-32H,3,8-9,26H2,1-2H3. The number of aromatic nitrogens is 1. The van der Waals surface area contributed by atoms with Crippen molar-refractivity contribution in [1.82, 2.24) is 15.0 Å². The number of hydrogen-bond acceptors (Lipinski definition) is 7. The van der Waals surface area contributed by atoms with E-state index in [0.717, 1.165) is 5.01 Å². The molecule has 1 aromatic heterocycles.